The summed E-state index contributed by atoms with van der Waals surface area (Å²) in [5.41, 5.74) is 11.9. The standard InChI is InChI=1S/C26H26N4O2/c1-25(31)14-26(27,15-25)19-9-7-17(8-10-19)22-23(18-5-3-2-4-6-18)30-16-32-21-11-12-28-13-20(21)24(30)29-22/h2-13,24,29,31H,14-16,27H2,1H3. The van der Waals surface area contributed by atoms with Gasteiger partial charge in [-0.15, -0.1) is 0 Å². The summed E-state index contributed by atoms with van der Waals surface area (Å²) in [6, 6.07) is 20.7. The van der Waals surface area contributed by atoms with Crippen LogP contribution in [0.4, 0.5) is 0 Å². The number of aliphatic hydroxyl groups is 1. The fourth-order valence-electron chi connectivity index (χ4n) is 5.42. The van der Waals surface area contributed by atoms with Gasteiger partial charge in [-0.3, -0.25) is 4.98 Å². The molecule has 0 spiro atoms. The molecule has 2 aromatic carbocycles. The van der Waals surface area contributed by atoms with Gasteiger partial charge >= 0.3 is 0 Å². The van der Waals surface area contributed by atoms with E-state index in [2.05, 4.69) is 63.7 Å². The number of nitrogens with two attached hydrogens (primary N) is 1. The molecule has 1 atom stereocenters. The van der Waals surface area contributed by atoms with Crippen molar-refractivity contribution in [1.29, 1.82) is 0 Å². The Morgan fingerprint density at radius 1 is 1.06 bits per heavy atom. The molecule has 0 bridgehead atoms. The molecule has 32 heavy (non-hydrogen) atoms. The van der Waals surface area contributed by atoms with Gasteiger partial charge in [-0.1, -0.05) is 54.6 Å². The average Bonchev–Trinajstić information content (AvgIpc) is 3.18. The van der Waals surface area contributed by atoms with Gasteiger partial charge in [0, 0.05) is 23.5 Å². The van der Waals surface area contributed by atoms with Gasteiger partial charge in [-0.2, -0.15) is 0 Å². The van der Waals surface area contributed by atoms with Gasteiger partial charge in [0.2, 0.25) is 0 Å². The van der Waals surface area contributed by atoms with Crippen LogP contribution in [0.2, 0.25) is 0 Å². The zero-order valence-electron chi connectivity index (χ0n) is 18.0. The molecule has 6 nitrogen and oxygen atoms in total. The first kappa shape index (κ1) is 19.3. The summed E-state index contributed by atoms with van der Waals surface area (Å²) in [5, 5.41) is 13.9. The zero-order chi connectivity index (χ0) is 21.9. The Bertz CT molecular complexity index is 1200. The van der Waals surface area contributed by atoms with Crippen LogP contribution in [0.1, 0.15) is 48.2 Å². The molecule has 3 heterocycles. The number of nitrogens with one attached hydrogen (secondary N) is 1. The number of aromatic nitrogens is 1. The van der Waals surface area contributed by atoms with Crippen molar-refractivity contribution in [2.75, 3.05) is 6.73 Å². The molecule has 162 valence electrons. The van der Waals surface area contributed by atoms with E-state index in [1.807, 2.05) is 25.3 Å². The van der Waals surface area contributed by atoms with Gasteiger partial charge in [0.25, 0.3) is 0 Å². The lowest BCUT2D eigenvalue weighted by molar-refractivity contribution is -0.0738. The minimum Gasteiger partial charge on any atom is -0.472 e. The molecule has 0 amide bonds. The quantitative estimate of drug-likeness (QED) is 0.594. The highest BCUT2D eigenvalue weighted by atomic mass is 16.5. The number of nitrogens with zero attached hydrogens (tertiary/aromatic N) is 2. The molecule has 1 fully saturated rings. The van der Waals surface area contributed by atoms with Crippen molar-refractivity contribution >= 4 is 11.4 Å². The molecular formula is C26H26N4O2. The maximum Gasteiger partial charge on any atom is 0.163 e. The molecule has 1 unspecified atom stereocenters. The maximum absolute atomic E-state index is 10.2. The Balaban J connectivity index is 1.41. The first-order chi connectivity index (χ1) is 15.4. The third kappa shape index (κ3) is 2.98. The maximum atomic E-state index is 10.2. The Morgan fingerprint density at radius 2 is 1.81 bits per heavy atom. The number of ether oxygens (including phenoxy) is 1. The molecule has 3 aromatic rings. The SMILES string of the molecule is CC1(O)CC(N)(c2ccc(C3=C(c4ccccc4)N4COc5ccncc5C4N3)cc2)C1. The lowest BCUT2D eigenvalue weighted by Crippen LogP contribution is -2.58. The van der Waals surface area contributed by atoms with E-state index in [0.717, 1.165) is 39.4 Å². The van der Waals surface area contributed by atoms with Gasteiger partial charge in [0.1, 0.15) is 11.9 Å². The fourth-order valence-corrected chi connectivity index (χ4v) is 5.42. The van der Waals surface area contributed by atoms with Gasteiger partial charge < -0.3 is 25.8 Å². The van der Waals surface area contributed by atoms with Crippen molar-refractivity contribution in [2.45, 2.75) is 37.1 Å². The average molecular weight is 427 g/mol. The van der Waals surface area contributed by atoms with Crippen molar-refractivity contribution in [2.24, 2.45) is 5.73 Å². The van der Waals surface area contributed by atoms with Crippen molar-refractivity contribution in [1.82, 2.24) is 15.2 Å². The van der Waals surface area contributed by atoms with Gasteiger partial charge in [-0.05, 0) is 37.0 Å². The van der Waals surface area contributed by atoms with Crippen molar-refractivity contribution < 1.29 is 9.84 Å². The van der Waals surface area contributed by atoms with Crippen LogP contribution in [-0.4, -0.2) is 27.3 Å². The molecular weight excluding hydrogens is 400 g/mol. The third-order valence-corrected chi connectivity index (χ3v) is 6.77. The first-order valence-electron chi connectivity index (χ1n) is 11.0. The van der Waals surface area contributed by atoms with E-state index in [0.29, 0.717) is 19.6 Å². The van der Waals surface area contributed by atoms with Crippen LogP contribution in [0.3, 0.4) is 0 Å². The van der Waals surface area contributed by atoms with Gasteiger partial charge in [0.05, 0.1) is 22.6 Å². The second-order valence-electron chi connectivity index (χ2n) is 9.38. The van der Waals surface area contributed by atoms with Crippen LogP contribution in [0.5, 0.6) is 5.75 Å². The predicted octanol–water partition coefficient (Wildman–Crippen LogP) is 3.56. The zero-order valence-corrected chi connectivity index (χ0v) is 18.0. The number of fused-ring (bicyclic) bond motifs is 3. The van der Waals surface area contributed by atoms with E-state index in [1.165, 1.54) is 0 Å². The summed E-state index contributed by atoms with van der Waals surface area (Å²) in [5.74, 6) is 0.861. The lowest BCUT2D eigenvalue weighted by Gasteiger charge is -2.49. The second kappa shape index (κ2) is 6.82. The molecule has 0 saturated heterocycles. The first-order valence-corrected chi connectivity index (χ1v) is 11.0. The summed E-state index contributed by atoms with van der Waals surface area (Å²) in [6.45, 7) is 2.30. The summed E-state index contributed by atoms with van der Waals surface area (Å²) in [6.07, 6.45) is 4.74. The predicted molar refractivity (Wildman–Crippen MR) is 123 cm³/mol. The summed E-state index contributed by atoms with van der Waals surface area (Å²) in [7, 11) is 0. The Kier molecular flexibility index (Phi) is 4.12. The minimum atomic E-state index is -0.673. The summed E-state index contributed by atoms with van der Waals surface area (Å²) < 4.78 is 6.05. The van der Waals surface area contributed by atoms with E-state index < -0.39 is 11.1 Å². The second-order valence-corrected chi connectivity index (χ2v) is 9.38. The van der Waals surface area contributed by atoms with E-state index in [4.69, 9.17) is 10.5 Å². The van der Waals surface area contributed by atoms with E-state index in [9.17, 15) is 5.11 Å². The normalized spacial score (nSPS) is 28.3. The topological polar surface area (TPSA) is 83.6 Å². The molecule has 2 aliphatic heterocycles. The molecule has 6 heteroatoms. The van der Waals surface area contributed by atoms with Crippen molar-refractivity contribution in [3.63, 3.8) is 0 Å². The highest BCUT2D eigenvalue weighted by molar-refractivity contribution is 5.91. The number of pyridine rings is 1. The number of rotatable bonds is 3. The number of hydrogen-bond donors (Lipinski definition) is 3. The van der Waals surface area contributed by atoms with Crippen LogP contribution < -0.4 is 15.8 Å². The molecule has 1 aromatic heterocycles. The lowest BCUT2D eigenvalue weighted by atomic mass is 9.63. The molecule has 6 rings (SSSR count). The molecule has 0 radical (unpaired) electrons. The van der Waals surface area contributed by atoms with Crippen LogP contribution >= 0.6 is 0 Å². The van der Waals surface area contributed by atoms with Crippen LogP contribution in [0.25, 0.3) is 11.4 Å². The molecule has 1 aliphatic carbocycles. The van der Waals surface area contributed by atoms with Crippen LogP contribution in [0, 0.1) is 0 Å². The molecule has 3 aliphatic rings. The highest BCUT2D eigenvalue weighted by Crippen LogP contribution is 2.47. The summed E-state index contributed by atoms with van der Waals surface area (Å²) in [4.78, 5) is 6.57. The largest absolute Gasteiger partial charge is 0.472 e. The van der Waals surface area contributed by atoms with E-state index >= 15 is 0 Å². The van der Waals surface area contributed by atoms with Crippen molar-refractivity contribution in [3.05, 3.63) is 95.3 Å². The third-order valence-electron chi connectivity index (χ3n) is 6.77. The molecule has 4 N–H and O–H groups in total. The highest BCUT2D eigenvalue weighted by Gasteiger charge is 2.49. The van der Waals surface area contributed by atoms with Crippen LogP contribution in [0.15, 0.2) is 73.1 Å². The van der Waals surface area contributed by atoms with Crippen LogP contribution in [-0.2, 0) is 5.54 Å². The monoisotopic (exact) mass is 426 g/mol. The number of hydrogen-bond acceptors (Lipinski definition) is 6. The van der Waals surface area contributed by atoms with Crippen molar-refractivity contribution in [3.8, 4) is 5.75 Å². The number of benzene rings is 2. The van der Waals surface area contributed by atoms with Gasteiger partial charge in [0.15, 0.2) is 6.73 Å². The Labute approximate surface area is 187 Å². The van der Waals surface area contributed by atoms with E-state index in [-0.39, 0.29) is 6.17 Å². The fraction of sp³-hybridized carbons (Fsp3) is 0.269. The summed E-state index contributed by atoms with van der Waals surface area (Å²) >= 11 is 0. The molecule has 1 saturated carbocycles. The smallest absolute Gasteiger partial charge is 0.163 e. The minimum absolute atomic E-state index is 0.0417. The Hall–Kier alpha value is -3.35. The van der Waals surface area contributed by atoms with Gasteiger partial charge in [-0.25, -0.2) is 0 Å². The Morgan fingerprint density at radius 3 is 2.53 bits per heavy atom. The van der Waals surface area contributed by atoms with E-state index in [1.54, 1.807) is 6.20 Å².